The molecule has 0 bridgehead atoms. The molecule has 0 aromatic heterocycles. The van der Waals surface area contributed by atoms with Gasteiger partial charge in [0.05, 0.1) is 0 Å². The second-order valence-corrected chi connectivity index (χ2v) is 31.1. The van der Waals surface area contributed by atoms with Crippen LogP contribution < -0.4 is 0 Å². The first-order valence-electron chi connectivity index (χ1n) is 24.3. The van der Waals surface area contributed by atoms with Crippen LogP contribution in [0.2, 0.25) is 34.3 Å². The molecule has 0 spiro atoms. The lowest BCUT2D eigenvalue weighted by molar-refractivity contribution is 0.623. The van der Waals surface area contributed by atoms with Gasteiger partial charge in [-0.3, -0.25) is 0 Å². The van der Waals surface area contributed by atoms with Crippen LogP contribution >= 0.6 is 0 Å². The molecular formula is C58H74F2Si2. The van der Waals surface area contributed by atoms with Crippen LogP contribution in [0.4, 0.5) is 8.78 Å². The van der Waals surface area contributed by atoms with E-state index in [0.29, 0.717) is 27.7 Å². The fraction of sp³-hybridized carbons (Fsp3) is 0.483. The number of fused-ring (bicyclic) bond motifs is 9. The normalized spacial score (nSPS) is 12.6. The Hall–Kier alpha value is -3.97. The lowest BCUT2D eigenvalue weighted by Crippen LogP contribution is -2.43. The van der Waals surface area contributed by atoms with E-state index in [0.717, 1.165) is 115 Å². The number of unbranched alkanes of at least 4 members (excludes halogenated alkanes) is 6. The molecule has 0 saturated carbocycles. The Kier molecular flexibility index (Phi) is 15.2. The van der Waals surface area contributed by atoms with E-state index in [4.69, 9.17) is 0 Å². The van der Waals surface area contributed by atoms with E-state index in [1.54, 1.807) is 24.3 Å². The molecule has 0 atom stereocenters. The molecule has 0 N–H and O–H groups in total. The highest BCUT2D eigenvalue weighted by Crippen LogP contribution is 2.44. The molecule has 0 aliphatic heterocycles. The maximum absolute atomic E-state index is 16.0. The largest absolute Gasteiger partial charge is 0.207 e. The third-order valence-corrected chi connectivity index (χ3v) is 26.9. The van der Waals surface area contributed by atoms with Gasteiger partial charge in [0, 0.05) is 21.9 Å². The lowest BCUT2D eigenvalue weighted by Gasteiger charge is -2.38. The van der Waals surface area contributed by atoms with Crippen LogP contribution in [-0.4, -0.2) is 16.1 Å². The van der Waals surface area contributed by atoms with Crippen LogP contribution in [-0.2, 0) is 12.8 Å². The molecule has 0 nitrogen and oxygen atoms in total. The van der Waals surface area contributed by atoms with Crippen molar-refractivity contribution in [1.82, 2.24) is 0 Å². The highest BCUT2D eigenvalue weighted by Gasteiger charge is 2.42. The minimum atomic E-state index is -2.15. The summed E-state index contributed by atoms with van der Waals surface area (Å²) in [7, 11) is -4.18. The number of benzene rings is 6. The fourth-order valence-corrected chi connectivity index (χ4v) is 18.4. The Morgan fingerprint density at radius 1 is 0.435 bits per heavy atom. The molecule has 0 unspecified atom stereocenters. The molecule has 6 aromatic rings. The number of hydrogen-bond donors (Lipinski definition) is 0. The van der Waals surface area contributed by atoms with Crippen LogP contribution in [0.5, 0.6) is 0 Å². The highest BCUT2D eigenvalue weighted by atomic mass is 28.3. The molecule has 328 valence electrons. The van der Waals surface area contributed by atoms with Gasteiger partial charge in [-0.2, -0.15) is 0 Å². The van der Waals surface area contributed by atoms with Gasteiger partial charge in [-0.15, -0.1) is 11.1 Å². The van der Waals surface area contributed by atoms with Crippen molar-refractivity contribution < 1.29 is 8.78 Å². The Morgan fingerprint density at radius 2 is 0.823 bits per heavy atom. The molecule has 0 saturated heterocycles. The molecular weight excluding hydrogens is 791 g/mol. The summed E-state index contributed by atoms with van der Waals surface area (Å²) in [5.41, 5.74) is 14.4. The number of rotatable bonds is 15. The van der Waals surface area contributed by atoms with Gasteiger partial charge in [-0.1, -0.05) is 164 Å². The van der Waals surface area contributed by atoms with Crippen molar-refractivity contribution in [3.8, 4) is 22.9 Å². The Balaban J connectivity index is 1.81. The zero-order valence-electron chi connectivity index (χ0n) is 40.5. The third kappa shape index (κ3) is 9.17. The second-order valence-electron chi connectivity index (χ2n) is 20.4. The molecule has 0 fully saturated rings. The fourth-order valence-electron chi connectivity index (χ4n) is 10.9. The Labute approximate surface area is 376 Å². The van der Waals surface area contributed by atoms with Crippen molar-refractivity contribution in [3.05, 3.63) is 94.6 Å². The molecule has 0 amide bonds. The van der Waals surface area contributed by atoms with Gasteiger partial charge in [-0.25, -0.2) is 8.78 Å². The van der Waals surface area contributed by atoms with Gasteiger partial charge in [-0.05, 0) is 144 Å². The van der Waals surface area contributed by atoms with Gasteiger partial charge < -0.3 is 0 Å². The van der Waals surface area contributed by atoms with Crippen LogP contribution in [0.15, 0.2) is 60.7 Å². The SMILES string of the molecule is CCCCCCc1cc(F)cc2c1ccc1c3cc(C#C[Si](C(C)C)(C(C)C)C(C)C)c4c5cc(F)cc(CCCCCC)c5ccc4c3cc(C#C[Si](C)(C(C)C)C(C)C)c21. The van der Waals surface area contributed by atoms with Crippen LogP contribution in [0.1, 0.15) is 157 Å². The number of hydrogen-bond acceptors (Lipinski definition) is 0. The second kappa shape index (κ2) is 19.8. The predicted octanol–water partition coefficient (Wildman–Crippen LogP) is 18.3. The van der Waals surface area contributed by atoms with E-state index in [1.807, 2.05) is 0 Å². The minimum absolute atomic E-state index is 0.194. The zero-order valence-corrected chi connectivity index (χ0v) is 42.5. The summed E-state index contributed by atoms with van der Waals surface area (Å²) in [6.45, 7) is 30.3. The Bertz CT molecular complexity index is 2680. The first-order chi connectivity index (χ1) is 29.5. The van der Waals surface area contributed by atoms with Crippen molar-refractivity contribution in [3.63, 3.8) is 0 Å². The van der Waals surface area contributed by atoms with E-state index >= 15 is 8.78 Å². The van der Waals surface area contributed by atoms with Crippen molar-refractivity contribution >= 4 is 70.0 Å². The summed E-state index contributed by atoms with van der Waals surface area (Å²) in [5.74, 6) is 7.34. The molecule has 6 rings (SSSR count). The van der Waals surface area contributed by atoms with E-state index < -0.39 is 16.1 Å². The van der Waals surface area contributed by atoms with E-state index in [-0.39, 0.29) is 11.6 Å². The number of aryl methyl sites for hydroxylation is 2. The summed E-state index contributed by atoms with van der Waals surface area (Å²) in [4.78, 5) is 0. The highest BCUT2D eigenvalue weighted by molar-refractivity contribution is 6.90. The van der Waals surface area contributed by atoms with Gasteiger partial charge in [0.15, 0.2) is 0 Å². The Morgan fingerprint density at radius 3 is 1.19 bits per heavy atom. The van der Waals surface area contributed by atoms with Gasteiger partial charge in [0.1, 0.15) is 27.8 Å². The average Bonchev–Trinajstić information content (AvgIpc) is 3.21. The minimum Gasteiger partial charge on any atom is -0.207 e. The molecule has 0 radical (unpaired) electrons. The quantitative estimate of drug-likeness (QED) is 0.0418. The summed E-state index contributed by atoms with van der Waals surface area (Å²) in [5, 5.41) is 10.5. The summed E-state index contributed by atoms with van der Waals surface area (Å²) in [6.07, 6.45) is 10.8. The van der Waals surface area contributed by atoms with Crippen molar-refractivity contribution in [2.24, 2.45) is 0 Å². The predicted molar refractivity (Wildman–Crippen MR) is 276 cm³/mol. The van der Waals surface area contributed by atoms with Crippen molar-refractivity contribution in [1.29, 1.82) is 0 Å². The molecule has 4 heteroatoms. The number of halogens is 2. The maximum Gasteiger partial charge on any atom is 0.146 e. The van der Waals surface area contributed by atoms with E-state index in [2.05, 4.69) is 149 Å². The van der Waals surface area contributed by atoms with Crippen LogP contribution in [0.3, 0.4) is 0 Å². The first kappa shape index (κ1) is 47.5. The molecule has 0 aliphatic carbocycles. The van der Waals surface area contributed by atoms with Gasteiger partial charge in [0.25, 0.3) is 0 Å². The standard InChI is InChI=1S/C58H74F2Si2/c1-14-16-18-20-22-43-32-47(59)36-55-49(43)24-26-51-54-35-46(29-31-62(40(7)8,41(9)10)42(11)12)58-52(27-25-50-44(23-21-19-17-15-2)33-48(60)37-56(50)58)53(54)34-45(57(51)55)28-30-61(13,38(3)4)39(5)6/h24-27,32-42H,14-23H2,1-13H3. The van der Waals surface area contributed by atoms with E-state index in [1.165, 1.54) is 25.7 Å². The zero-order chi connectivity index (χ0) is 45.1. The van der Waals surface area contributed by atoms with E-state index in [9.17, 15) is 0 Å². The van der Waals surface area contributed by atoms with Gasteiger partial charge in [0.2, 0.25) is 0 Å². The molecule has 0 heterocycles. The summed E-state index contributed by atoms with van der Waals surface area (Å²) in [6, 6.07) is 20.6. The summed E-state index contributed by atoms with van der Waals surface area (Å²) >= 11 is 0. The molecule has 62 heavy (non-hydrogen) atoms. The van der Waals surface area contributed by atoms with Crippen LogP contribution in [0, 0.1) is 34.6 Å². The first-order valence-corrected chi connectivity index (χ1v) is 29.1. The van der Waals surface area contributed by atoms with Crippen LogP contribution in [0.25, 0.3) is 53.9 Å². The summed E-state index contributed by atoms with van der Waals surface area (Å²) < 4.78 is 32.0. The smallest absolute Gasteiger partial charge is 0.146 e. The average molecular weight is 865 g/mol. The van der Waals surface area contributed by atoms with Crippen molar-refractivity contribution in [2.75, 3.05) is 0 Å². The monoisotopic (exact) mass is 865 g/mol. The topological polar surface area (TPSA) is 0 Å². The molecule has 6 aromatic carbocycles. The van der Waals surface area contributed by atoms with Crippen molar-refractivity contribution in [2.45, 2.75) is 182 Å². The maximum atomic E-state index is 16.0. The van der Waals surface area contributed by atoms with Gasteiger partial charge >= 0.3 is 0 Å². The lowest BCUT2D eigenvalue weighted by atomic mass is 9.86. The third-order valence-electron chi connectivity index (χ3n) is 15.1. The molecule has 0 aliphatic rings.